The second kappa shape index (κ2) is 31.1. The maximum absolute atomic E-state index is 9.25. The summed E-state index contributed by atoms with van der Waals surface area (Å²) in [4.78, 5) is 37.0. The molecule has 0 atom stereocenters. The molecule has 8 heteroatoms. The molecule has 8 nitrogen and oxygen atoms in total. The van der Waals surface area contributed by atoms with E-state index in [1.165, 1.54) is 0 Å². The molecule has 0 bridgehead atoms. The van der Waals surface area contributed by atoms with Crippen molar-refractivity contribution in [3.8, 4) is 0 Å². The van der Waals surface area contributed by atoms with Gasteiger partial charge in [-0.2, -0.15) is 0 Å². The van der Waals surface area contributed by atoms with E-state index < -0.39 is 23.9 Å². The van der Waals surface area contributed by atoms with Crippen molar-refractivity contribution in [1.82, 2.24) is 0 Å². The molecular formula is C15H22O8. The summed E-state index contributed by atoms with van der Waals surface area (Å²) in [7, 11) is 0. The largest absolute Gasteiger partial charge is 0.478 e. The summed E-state index contributed by atoms with van der Waals surface area (Å²) in [6.45, 7) is 17.1. The number of carboxylic acids is 4. The first-order chi connectivity index (χ1) is 10.5. The van der Waals surface area contributed by atoms with Crippen molar-refractivity contribution >= 4 is 23.9 Å². The summed E-state index contributed by atoms with van der Waals surface area (Å²) in [5.74, 6) is -3.93. The van der Waals surface area contributed by atoms with Crippen LogP contribution in [0.25, 0.3) is 0 Å². The van der Waals surface area contributed by atoms with Crippen LogP contribution in [0.4, 0.5) is 0 Å². The van der Waals surface area contributed by atoms with Crippen LogP contribution in [-0.4, -0.2) is 44.3 Å². The predicted octanol–water partition coefficient (Wildman–Crippen LogP) is 2.22. The molecule has 0 amide bonds. The third-order valence-electron chi connectivity index (χ3n) is 0.698. The first-order valence-electron chi connectivity index (χ1n) is 5.48. The van der Waals surface area contributed by atoms with Gasteiger partial charge in [0.1, 0.15) is 0 Å². The summed E-state index contributed by atoms with van der Waals surface area (Å²) in [6.07, 6.45) is 5.08. The van der Waals surface area contributed by atoms with E-state index in [2.05, 4.69) is 32.9 Å². The molecule has 130 valence electrons. The topological polar surface area (TPSA) is 149 Å². The van der Waals surface area contributed by atoms with E-state index in [0.29, 0.717) is 0 Å². The molecule has 0 heterocycles. The van der Waals surface area contributed by atoms with Gasteiger partial charge in [-0.25, -0.2) is 19.2 Å². The van der Waals surface area contributed by atoms with Gasteiger partial charge in [0.2, 0.25) is 0 Å². The highest BCUT2D eigenvalue weighted by atomic mass is 16.4. The van der Waals surface area contributed by atoms with E-state index in [1.807, 2.05) is 6.92 Å². The second-order valence-electron chi connectivity index (χ2n) is 2.58. The van der Waals surface area contributed by atoms with Crippen molar-refractivity contribution in [2.45, 2.75) is 6.92 Å². The molecule has 0 aliphatic heterocycles. The monoisotopic (exact) mass is 330 g/mol. The van der Waals surface area contributed by atoms with Gasteiger partial charge in [0, 0.05) is 24.3 Å². The third kappa shape index (κ3) is 243. The minimum absolute atomic E-state index is 0.833. The predicted molar refractivity (Wildman–Crippen MR) is 87.2 cm³/mol. The average molecular weight is 330 g/mol. The van der Waals surface area contributed by atoms with Gasteiger partial charge in [-0.3, -0.25) is 0 Å². The Morgan fingerprint density at radius 2 is 0.609 bits per heavy atom. The molecule has 0 radical (unpaired) electrons. The molecule has 0 saturated heterocycles. The number of carboxylic acid groups (broad SMARTS) is 4. The Kier molecular flexibility index (Phi) is 43.0. The molecule has 0 aliphatic rings. The van der Waals surface area contributed by atoms with Gasteiger partial charge < -0.3 is 20.4 Å². The Hall–Kier alpha value is -3.42. The van der Waals surface area contributed by atoms with Gasteiger partial charge in [0.05, 0.1) is 0 Å². The molecule has 0 spiro atoms. The fraction of sp³-hybridized carbons (Fsp3) is 0.0667. The average Bonchev–Trinajstić information content (AvgIpc) is 2.49. The smallest absolute Gasteiger partial charge is 0.327 e. The van der Waals surface area contributed by atoms with Crippen LogP contribution in [0, 0.1) is 0 Å². The highest BCUT2D eigenvalue weighted by Gasteiger charge is 1.74. The lowest BCUT2D eigenvalue weighted by Crippen LogP contribution is -1.82. The summed E-state index contributed by atoms with van der Waals surface area (Å²) >= 11 is 0. The van der Waals surface area contributed by atoms with Crippen molar-refractivity contribution in [3.63, 3.8) is 0 Å². The third-order valence-corrected chi connectivity index (χ3v) is 0.698. The van der Waals surface area contributed by atoms with Crippen molar-refractivity contribution in [3.05, 3.63) is 63.3 Å². The molecule has 0 aromatic carbocycles. The normalized spacial score (nSPS) is 6.13. The van der Waals surface area contributed by atoms with Crippen LogP contribution < -0.4 is 0 Å². The second-order valence-corrected chi connectivity index (χ2v) is 2.58. The molecular weight excluding hydrogens is 308 g/mol. The van der Waals surface area contributed by atoms with Crippen molar-refractivity contribution in [2.24, 2.45) is 0 Å². The molecule has 0 aliphatic carbocycles. The zero-order valence-corrected chi connectivity index (χ0v) is 12.8. The minimum Gasteiger partial charge on any atom is -0.478 e. The first kappa shape index (κ1) is 31.8. The summed E-state index contributed by atoms with van der Waals surface area (Å²) in [5, 5.41) is 30.4. The fourth-order valence-corrected chi connectivity index (χ4v) is 0. The van der Waals surface area contributed by atoms with Crippen LogP contribution in [0.15, 0.2) is 63.3 Å². The molecule has 0 saturated carbocycles. The van der Waals surface area contributed by atoms with Crippen LogP contribution in [-0.2, 0) is 19.2 Å². The summed E-state index contributed by atoms with van der Waals surface area (Å²) < 4.78 is 0. The number of rotatable bonds is 4. The van der Waals surface area contributed by atoms with Gasteiger partial charge in [-0.05, 0) is 6.92 Å². The van der Waals surface area contributed by atoms with Gasteiger partial charge in [-0.1, -0.05) is 32.4 Å². The van der Waals surface area contributed by atoms with Crippen LogP contribution in [0.5, 0.6) is 0 Å². The number of allylic oxidation sites excluding steroid dienone is 1. The quantitative estimate of drug-likeness (QED) is 0.452. The SMILES string of the molecule is C=CC.C=CC(=O)O.C=CC(=O)O.C=CC(=O)O.C=CC(=O)O. The number of hydrogen-bond acceptors (Lipinski definition) is 4. The highest BCUT2D eigenvalue weighted by molar-refractivity contribution is 5.79. The maximum atomic E-state index is 9.25. The molecule has 0 aromatic rings. The number of hydrogen-bond donors (Lipinski definition) is 4. The summed E-state index contributed by atoms with van der Waals surface area (Å²) in [6, 6.07) is 0. The Morgan fingerprint density at radius 1 is 0.565 bits per heavy atom. The van der Waals surface area contributed by atoms with E-state index in [4.69, 9.17) is 20.4 Å². The Balaban J connectivity index is -0.0000000593. The zero-order chi connectivity index (χ0) is 19.8. The molecule has 4 N–H and O–H groups in total. The van der Waals surface area contributed by atoms with E-state index in [0.717, 1.165) is 24.3 Å². The fourth-order valence-electron chi connectivity index (χ4n) is 0. The van der Waals surface area contributed by atoms with Gasteiger partial charge in [0.25, 0.3) is 0 Å². The van der Waals surface area contributed by atoms with Gasteiger partial charge in [-0.15, -0.1) is 6.58 Å². The zero-order valence-electron chi connectivity index (χ0n) is 12.8. The lowest BCUT2D eigenvalue weighted by Gasteiger charge is -1.64. The lowest BCUT2D eigenvalue weighted by molar-refractivity contribution is -0.132. The van der Waals surface area contributed by atoms with Gasteiger partial charge in [0.15, 0.2) is 0 Å². The Morgan fingerprint density at radius 3 is 0.609 bits per heavy atom. The molecule has 23 heavy (non-hydrogen) atoms. The van der Waals surface area contributed by atoms with Crippen LogP contribution in [0.1, 0.15) is 6.92 Å². The van der Waals surface area contributed by atoms with Crippen molar-refractivity contribution in [1.29, 1.82) is 0 Å². The first-order valence-corrected chi connectivity index (χ1v) is 5.48. The Bertz CT molecular complexity index is 336. The lowest BCUT2D eigenvalue weighted by atomic mass is 10.7. The minimum atomic E-state index is -0.981. The molecule has 0 fully saturated rings. The van der Waals surface area contributed by atoms with Crippen molar-refractivity contribution < 1.29 is 39.6 Å². The maximum Gasteiger partial charge on any atom is 0.327 e. The van der Waals surface area contributed by atoms with E-state index in [9.17, 15) is 19.2 Å². The highest BCUT2D eigenvalue weighted by Crippen LogP contribution is 1.56. The van der Waals surface area contributed by atoms with Crippen LogP contribution in [0.2, 0.25) is 0 Å². The standard InChI is InChI=1S/4C3H4O2.C3H6/c4*1-2-3(4)5;1-3-2/h4*2H,1H2,(H,4,5);3H,1H2,2H3. The van der Waals surface area contributed by atoms with Crippen LogP contribution >= 0.6 is 0 Å². The number of carbonyl (C=O) groups is 4. The molecule has 0 rings (SSSR count). The summed E-state index contributed by atoms with van der Waals surface area (Å²) in [5.41, 5.74) is 0. The van der Waals surface area contributed by atoms with E-state index in [1.54, 1.807) is 6.08 Å². The molecule has 0 unspecified atom stereocenters. The van der Waals surface area contributed by atoms with E-state index >= 15 is 0 Å². The number of aliphatic carboxylic acids is 4. The van der Waals surface area contributed by atoms with Crippen molar-refractivity contribution in [2.75, 3.05) is 0 Å². The Labute approximate surface area is 134 Å². The van der Waals surface area contributed by atoms with E-state index in [-0.39, 0.29) is 0 Å². The van der Waals surface area contributed by atoms with Gasteiger partial charge >= 0.3 is 23.9 Å². The van der Waals surface area contributed by atoms with Crippen LogP contribution in [0.3, 0.4) is 0 Å². The molecule has 0 aromatic heterocycles.